The third kappa shape index (κ3) is 2.92. The van der Waals surface area contributed by atoms with Gasteiger partial charge in [0, 0.05) is 18.1 Å². The maximum absolute atomic E-state index is 3.64. The van der Waals surface area contributed by atoms with E-state index in [1.807, 2.05) is 0 Å². The van der Waals surface area contributed by atoms with Gasteiger partial charge in [-0.3, -0.25) is 4.90 Å². The van der Waals surface area contributed by atoms with E-state index in [1.54, 1.807) is 0 Å². The number of hydrogen-bond acceptors (Lipinski definition) is 2. The SMILES string of the molecule is CNC1CCC(C)(C)CC1N1CCC[C@H]2CCCC[C@H]21. The van der Waals surface area contributed by atoms with E-state index in [2.05, 4.69) is 31.1 Å². The summed E-state index contributed by atoms with van der Waals surface area (Å²) in [7, 11) is 2.18. The molecule has 0 aromatic rings. The van der Waals surface area contributed by atoms with Crippen LogP contribution in [0.5, 0.6) is 0 Å². The molecule has 1 N–H and O–H groups in total. The molecule has 116 valence electrons. The first-order chi connectivity index (χ1) is 9.61. The number of rotatable bonds is 2. The highest BCUT2D eigenvalue weighted by atomic mass is 15.2. The summed E-state index contributed by atoms with van der Waals surface area (Å²) in [6, 6.07) is 2.42. The van der Waals surface area contributed by atoms with Crippen molar-refractivity contribution in [2.24, 2.45) is 11.3 Å². The summed E-state index contributed by atoms with van der Waals surface area (Å²) in [6.07, 6.45) is 13.0. The van der Waals surface area contributed by atoms with Gasteiger partial charge in [0.25, 0.3) is 0 Å². The highest BCUT2D eigenvalue weighted by Crippen LogP contribution is 2.42. The van der Waals surface area contributed by atoms with Crippen molar-refractivity contribution in [3.63, 3.8) is 0 Å². The van der Waals surface area contributed by atoms with E-state index in [0.717, 1.165) is 24.0 Å². The first-order valence-corrected chi connectivity index (χ1v) is 9.04. The van der Waals surface area contributed by atoms with Crippen LogP contribution >= 0.6 is 0 Å². The number of fused-ring (bicyclic) bond motifs is 1. The van der Waals surface area contributed by atoms with Crippen LogP contribution in [0.4, 0.5) is 0 Å². The first-order valence-electron chi connectivity index (χ1n) is 9.04. The normalized spacial score (nSPS) is 42.1. The van der Waals surface area contributed by atoms with E-state index in [4.69, 9.17) is 0 Å². The summed E-state index contributed by atoms with van der Waals surface area (Å²) in [5.74, 6) is 1.01. The lowest BCUT2D eigenvalue weighted by atomic mass is 9.70. The molecule has 0 bridgehead atoms. The lowest BCUT2D eigenvalue weighted by Crippen LogP contribution is -2.60. The van der Waals surface area contributed by atoms with Gasteiger partial charge in [-0.05, 0) is 69.9 Å². The van der Waals surface area contributed by atoms with Gasteiger partial charge in [-0.2, -0.15) is 0 Å². The largest absolute Gasteiger partial charge is 0.315 e. The molecule has 4 atom stereocenters. The van der Waals surface area contributed by atoms with Crippen molar-refractivity contribution in [3.8, 4) is 0 Å². The number of likely N-dealkylation sites (N-methyl/N-ethyl adjacent to an activating group) is 1. The maximum Gasteiger partial charge on any atom is 0.0257 e. The second-order valence-corrected chi connectivity index (χ2v) is 8.36. The molecule has 3 fully saturated rings. The smallest absolute Gasteiger partial charge is 0.0257 e. The Labute approximate surface area is 125 Å². The quantitative estimate of drug-likeness (QED) is 0.826. The van der Waals surface area contributed by atoms with Crippen LogP contribution in [-0.2, 0) is 0 Å². The van der Waals surface area contributed by atoms with E-state index >= 15 is 0 Å². The minimum Gasteiger partial charge on any atom is -0.315 e. The van der Waals surface area contributed by atoms with Crippen LogP contribution in [0.15, 0.2) is 0 Å². The molecule has 0 radical (unpaired) electrons. The molecule has 1 heterocycles. The number of likely N-dealkylation sites (tertiary alicyclic amines) is 1. The molecule has 0 spiro atoms. The Morgan fingerprint density at radius 1 is 0.950 bits per heavy atom. The van der Waals surface area contributed by atoms with E-state index in [9.17, 15) is 0 Å². The van der Waals surface area contributed by atoms with E-state index < -0.39 is 0 Å². The van der Waals surface area contributed by atoms with Gasteiger partial charge in [-0.25, -0.2) is 0 Å². The summed E-state index contributed by atoms with van der Waals surface area (Å²) in [4.78, 5) is 2.95. The van der Waals surface area contributed by atoms with Gasteiger partial charge < -0.3 is 5.32 Å². The highest BCUT2D eigenvalue weighted by Gasteiger charge is 2.43. The second-order valence-electron chi connectivity index (χ2n) is 8.36. The topological polar surface area (TPSA) is 15.3 Å². The first kappa shape index (κ1) is 14.8. The molecule has 0 aromatic carbocycles. The summed E-state index contributed by atoms with van der Waals surface area (Å²) >= 11 is 0. The van der Waals surface area contributed by atoms with Crippen molar-refractivity contribution in [3.05, 3.63) is 0 Å². The summed E-state index contributed by atoms with van der Waals surface area (Å²) < 4.78 is 0. The van der Waals surface area contributed by atoms with Crippen LogP contribution in [0.2, 0.25) is 0 Å². The van der Waals surface area contributed by atoms with Crippen LogP contribution in [0.1, 0.15) is 71.6 Å². The molecule has 0 amide bonds. The van der Waals surface area contributed by atoms with E-state index in [0.29, 0.717) is 5.41 Å². The summed E-state index contributed by atoms with van der Waals surface area (Å²) in [6.45, 7) is 6.32. The molecule has 2 aliphatic carbocycles. The third-order valence-corrected chi connectivity index (χ3v) is 6.44. The molecule has 1 saturated heterocycles. The van der Waals surface area contributed by atoms with Gasteiger partial charge in [0.2, 0.25) is 0 Å². The van der Waals surface area contributed by atoms with Gasteiger partial charge >= 0.3 is 0 Å². The minimum atomic E-state index is 0.541. The average molecular weight is 278 g/mol. The van der Waals surface area contributed by atoms with Crippen molar-refractivity contribution in [2.75, 3.05) is 13.6 Å². The van der Waals surface area contributed by atoms with Gasteiger partial charge in [-0.1, -0.05) is 26.7 Å². The molecule has 2 unspecified atom stereocenters. The molecule has 3 rings (SSSR count). The standard InChI is InChI=1S/C18H34N2/c1-18(2)11-10-15(19-3)17(13-18)20-12-6-8-14-7-4-5-9-16(14)20/h14-17,19H,4-13H2,1-3H3/t14-,15?,16-,17?/m1/s1. The van der Waals surface area contributed by atoms with Gasteiger partial charge in [0.15, 0.2) is 0 Å². The van der Waals surface area contributed by atoms with Crippen molar-refractivity contribution in [2.45, 2.75) is 89.8 Å². The molecule has 1 aliphatic heterocycles. The Bertz CT molecular complexity index is 323. The van der Waals surface area contributed by atoms with Crippen LogP contribution in [-0.4, -0.2) is 36.6 Å². The monoisotopic (exact) mass is 278 g/mol. The molecular weight excluding hydrogens is 244 g/mol. The van der Waals surface area contributed by atoms with Crippen LogP contribution in [0.3, 0.4) is 0 Å². The third-order valence-electron chi connectivity index (χ3n) is 6.44. The fourth-order valence-electron chi connectivity index (χ4n) is 5.31. The van der Waals surface area contributed by atoms with E-state index in [1.165, 1.54) is 64.3 Å². The molecule has 20 heavy (non-hydrogen) atoms. The predicted molar refractivity (Wildman–Crippen MR) is 86.0 cm³/mol. The van der Waals surface area contributed by atoms with Gasteiger partial charge in [0.1, 0.15) is 0 Å². The molecule has 2 heteroatoms. The number of nitrogens with zero attached hydrogens (tertiary/aromatic N) is 1. The Kier molecular flexibility index (Phi) is 4.42. The van der Waals surface area contributed by atoms with Crippen LogP contribution in [0.25, 0.3) is 0 Å². The predicted octanol–water partition coefficient (Wildman–Crippen LogP) is 3.81. The van der Waals surface area contributed by atoms with Crippen molar-refractivity contribution in [1.29, 1.82) is 0 Å². The lowest BCUT2D eigenvalue weighted by molar-refractivity contribution is -0.0196. The second kappa shape index (κ2) is 5.96. The Morgan fingerprint density at radius 3 is 2.50 bits per heavy atom. The highest BCUT2D eigenvalue weighted by molar-refractivity contribution is 4.99. The number of piperidine rings is 1. The zero-order chi connectivity index (χ0) is 14.2. The summed E-state index contributed by atoms with van der Waals surface area (Å²) in [5, 5.41) is 3.64. The van der Waals surface area contributed by atoms with Crippen LogP contribution < -0.4 is 5.32 Å². The average Bonchev–Trinajstić information content (AvgIpc) is 2.46. The number of hydrogen-bond donors (Lipinski definition) is 1. The Balaban J connectivity index is 1.77. The Hall–Kier alpha value is -0.0800. The fraction of sp³-hybridized carbons (Fsp3) is 1.00. The van der Waals surface area contributed by atoms with Gasteiger partial charge in [-0.15, -0.1) is 0 Å². The zero-order valence-electron chi connectivity index (χ0n) is 13.8. The molecule has 2 saturated carbocycles. The van der Waals surface area contributed by atoms with Crippen molar-refractivity contribution in [1.82, 2.24) is 10.2 Å². The molecular formula is C18H34N2. The fourth-order valence-corrected chi connectivity index (χ4v) is 5.31. The van der Waals surface area contributed by atoms with Crippen molar-refractivity contribution < 1.29 is 0 Å². The van der Waals surface area contributed by atoms with Gasteiger partial charge in [0.05, 0.1) is 0 Å². The van der Waals surface area contributed by atoms with Crippen molar-refractivity contribution >= 4 is 0 Å². The number of nitrogens with one attached hydrogen (secondary N) is 1. The molecule has 0 aromatic heterocycles. The maximum atomic E-state index is 3.64. The van der Waals surface area contributed by atoms with E-state index in [-0.39, 0.29) is 0 Å². The molecule has 3 aliphatic rings. The zero-order valence-corrected chi connectivity index (χ0v) is 13.8. The summed E-state index contributed by atoms with van der Waals surface area (Å²) in [5.41, 5.74) is 0.541. The molecule has 2 nitrogen and oxygen atoms in total. The van der Waals surface area contributed by atoms with Crippen LogP contribution in [0, 0.1) is 11.3 Å². The minimum absolute atomic E-state index is 0.541. The Morgan fingerprint density at radius 2 is 1.70 bits per heavy atom. The lowest BCUT2D eigenvalue weighted by Gasteiger charge is -2.53.